The maximum atomic E-state index is 12.2. The standard InChI is InChI=1S/C20H23N3O4/c1-9(2)19(24)22-15-11(4)10(3)12(5)16(13(15)6)26-14-7-8-21-18-17(14)27-20(25)23-18/h7-9H,1-6H3,(H,22,24)(H,21,23,25). The van der Waals surface area contributed by atoms with Crippen molar-refractivity contribution in [2.24, 2.45) is 5.92 Å². The fourth-order valence-electron chi connectivity index (χ4n) is 2.95. The summed E-state index contributed by atoms with van der Waals surface area (Å²) in [6.45, 7) is 11.5. The molecule has 7 heteroatoms. The summed E-state index contributed by atoms with van der Waals surface area (Å²) in [6.07, 6.45) is 1.54. The van der Waals surface area contributed by atoms with Gasteiger partial charge in [0.15, 0.2) is 11.4 Å². The van der Waals surface area contributed by atoms with Crippen LogP contribution in [0.1, 0.15) is 36.1 Å². The first-order valence-corrected chi connectivity index (χ1v) is 8.77. The van der Waals surface area contributed by atoms with Crippen LogP contribution < -0.4 is 15.8 Å². The van der Waals surface area contributed by atoms with Crippen LogP contribution in [-0.4, -0.2) is 15.9 Å². The lowest BCUT2D eigenvalue weighted by Crippen LogP contribution is -2.19. The van der Waals surface area contributed by atoms with Crippen molar-refractivity contribution in [2.45, 2.75) is 41.5 Å². The molecule has 7 nitrogen and oxygen atoms in total. The third-order valence-corrected chi connectivity index (χ3v) is 4.82. The van der Waals surface area contributed by atoms with Crippen LogP contribution in [-0.2, 0) is 4.79 Å². The van der Waals surface area contributed by atoms with Gasteiger partial charge in [0.05, 0.1) is 5.69 Å². The number of H-pyrrole nitrogens is 1. The average Bonchev–Trinajstić information content (AvgIpc) is 3.01. The molecule has 0 saturated heterocycles. The van der Waals surface area contributed by atoms with Gasteiger partial charge in [-0.1, -0.05) is 13.8 Å². The Balaban J connectivity index is 2.13. The third kappa shape index (κ3) is 3.32. The quantitative estimate of drug-likeness (QED) is 0.720. The number of oxazole rings is 1. The highest BCUT2D eigenvalue weighted by Crippen LogP contribution is 2.39. The number of benzene rings is 1. The zero-order chi connectivity index (χ0) is 19.9. The van der Waals surface area contributed by atoms with E-state index in [2.05, 4.69) is 15.3 Å². The number of aromatic amines is 1. The molecule has 0 atom stereocenters. The largest absolute Gasteiger partial charge is 0.453 e. The number of nitrogens with zero attached hydrogens (tertiary/aromatic N) is 1. The van der Waals surface area contributed by atoms with E-state index in [1.165, 1.54) is 6.20 Å². The molecule has 0 aliphatic carbocycles. The van der Waals surface area contributed by atoms with Gasteiger partial charge in [0, 0.05) is 23.7 Å². The molecule has 142 valence electrons. The van der Waals surface area contributed by atoms with Crippen LogP contribution in [0.4, 0.5) is 5.69 Å². The summed E-state index contributed by atoms with van der Waals surface area (Å²) in [7, 11) is 0. The van der Waals surface area contributed by atoms with E-state index in [-0.39, 0.29) is 17.4 Å². The smallest absolute Gasteiger partial charge is 0.418 e. The lowest BCUT2D eigenvalue weighted by Gasteiger charge is -2.21. The monoisotopic (exact) mass is 369 g/mol. The van der Waals surface area contributed by atoms with Crippen molar-refractivity contribution in [3.63, 3.8) is 0 Å². The predicted molar refractivity (Wildman–Crippen MR) is 104 cm³/mol. The van der Waals surface area contributed by atoms with Crippen molar-refractivity contribution in [1.82, 2.24) is 9.97 Å². The average molecular weight is 369 g/mol. The normalized spacial score (nSPS) is 11.2. The van der Waals surface area contributed by atoms with E-state index in [0.29, 0.717) is 17.1 Å². The Morgan fingerprint density at radius 3 is 2.52 bits per heavy atom. The Hall–Kier alpha value is -3.09. The fourth-order valence-corrected chi connectivity index (χ4v) is 2.95. The van der Waals surface area contributed by atoms with Crippen LogP contribution in [0.2, 0.25) is 0 Å². The van der Waals surface area contributed by atoms with Gasteiger partial charge in [-0.25, -0.2) is 9.78 Å². The van der Waals surface area contributed by atoms with Crippen molar-refractivity contribution in [1.29, 1.82) is 0 Å². The highest BCUT2D eigenvalue weighted by Gasteiger charge is 2.20. The van der Waals surface area contributed by atoms with Gasteiger partial charge in [-0.15, -0.1) is 0 Å². The molecule has 3 rings (SSSR count). The maximum absolute atomic E-state index is 12.2. The van der Waals surface area contributed by atoms with E-state index >= 15 is 0 Å². The van der Waals surface area contributed by atoms with E-state index in [4.69, 9.17) is 9.15 Å². The summed E-state index contributed by atoms with van der Waals surface area (Å²) in [5.41, 5.74) is 5.11. The van der Waals surface area contributed by atoms with Gasteiger partial charge in [-0.2, -0.15) is 0 Å². The highest BCUT2D eigenvalue weighted by atomic mass is 16.5. The number of hydrogen-bond acceptors (Lipinski definition) is 5. The molecule has 2 heterocycles. The van der Waals surface area contributed by atoms with E-state index < -0.39 is 5.76 Å². The lowest BCUT2D eigenvalue weighted by atomic mass is 9.96. The van der Waals surface area contributed by atoms with Crippen molar-refractivity contribution < 1.29 is 13.9 Å². The second-order valence-corrected chi connectivity index (χ2v) is 6.95. The van der Waals surface area contributed by atoms with Gasteiger partial charge in [0.2, 0.25) is 11.5 Å². The van der Waals surface area contributed by atoms with Gasteiger partial charge < -0.3 is 14.5 Å². The number of fused-ring (bicyclic) bond motifs is 1. The molecule has 3 aromatic rings. The molecule has 2 N–H and O–H groups in total. The van der Waals surface area contributed by atoms with Gasteiger partial charge in [0.1, 0.15) is 5.75 Å². The van der Waals surface area contributed by atoms with Gasteiger partial charge in [0.25, 0.3) is 0 Å². The summed E-state index contributed by atoms with van der Waals surface area (Å²) >= 11 is 0. The number of carbonyl (C=O) groups is 1. The molecule has 0 aliphatic heterocycles. The van der Waals surface area contributed by atoms with Gasteiger partial charge >= 0.3 is 5.76 Å². The third-order valence-electron chi connectivity index (χ3n) is 4.82. The Bertz CT molecular complexity index is 1090. The summed E-state index contributed by atoms with van der Waals surface area (Å²) < 4.78 is 11.3. The van der Waals surface area contributed by atoms with E-state index in [1.807, 2.05) is 41.5 Å². The van der Waals surface area contributed by atoms with Crippen LogP contribution >= 0.6 is 0 Å². The van der Waals surface area contributed by atoms with E-state index in [0.717, 1.165) is 27.9 Å². The Labute approximate surface area is 156 Å². The number of pyridine rings is 1. The summed E-state index contributed by atoms with van der Waals surface area (Å²) in [4.78, 5) is 30.3. The second-order valence-electron chi connectivity index (χ2n) is 6.95. The van der Waals surface area contributed by atoms with Gasteiger partial charge in [-0.3, -0.25) is 9.78 Å². The molecule has 0 saturated carbocycles. The number of aromatic nitrogens is 2. The van der Waals surface area contributed by atoms with Crippen molar-refractivity contribution in [3.8, 4) is 11.5 Å². The van der Waals surface area contributed by atoms with Crippen LogP contribution in [0.5, 0.6) is 11.5 Å². The molecular formula is C20H23N3O4. The van der Waals surface area contributed by atoms with Crippen molar-refractivity contribution >= 4 is 22.8 Å². The number of amides is 1. The molecule has 2 aromatic heterocycles. The molecule has 0 radical (unpaired) electrons. The summed E-state index contributed by atoms with van der Waals surface area (Å²) in [5.74, 6) is 0.219. The maximum Gasteiger partial charge on any atom is 0.418 e. The molecule has 0 aliphatic rings. The minimum atomic E-state index is -0.591. The molecule has 1 aromatic carbocycles. The molecule has 1 amide bonds. The number of anilines is 1. The first-order valence-electron chi connectivity index (χ1n) is 8.77. The van der Waals surface area contributed by atoms with Crippen molar-refractivity contribution in [3.05, 3.63) is 45.1 Å². The first-order chi connectivity index (χ1) is 12.7. The Morgan fingerprint density at radius 2 is 1.85 bits per heavy atom. The number of hydrogen-bond donors (Lipinski definition) is 2. The highest BCUT2D eigenvalue weighted by molar-refractivity contribution is 5.94. The van der Waals surface area contributed by atoms with E-state index in [1.54, 1.807) is 6.07 Å². The van der Waals surface area contributed by atoms with E-state index in [9.17, 15) is 9.59 Å². The zero-order valence-electron chi connectivity index (χ0n) is 16.3. The minimum Gasteiger partial charge on any atom is -0.453 e. The molecule has 27 heavy (non-hydrogen) atoms. The Kier molecular flexibility index (Phi) is 4.78. The topological polar surface area (TPSA) is 97.2 Å². The van der Waals surface area contributed by atoms with Crippen LogP contribution in [0, 0.1) is 33.6 Å². The summed E-state index contributed by atoms with van der Waals surface area (Å²) in [6, 6.07) is 1.64. The molecule has 0 spiro atoms. The predicted octanol–water partition coefficient (Wildman–Crippen LogP) is 4.14. The number of nitrogens with one attached hydrogen (secondary N) is 2. The van der Waals surface area contributed by atoms with Crippen LogP contribution in [0.15, 0.2) is 21.5 Å². The molecule has 0 bridgehead atoms. The summed E-state index contributed by atoms with van der Waals surface area (Å²) in [5, 5.41) is 3.00. The second kappa shape index (κ2) is 6.90. The fraction of sp³-hybridized carbons (Fsp3) is 0.350. The molecule has 0 fully saturated rings. The van der Waals surface area contributed by atoms with Gasteiger partial charge in [-0.05, 0) is 44.4 Å². The molecule has 0 unspecified atom stereocenters. The SMILES string of the molecule is Cc1c(C)c(NC(=O)C(C)C)c(C)c(Oc2ccnc3[nH]c(=O)oc23)c1C. The number of ether oxygens (including phenoxy) is 1. The van der Waals surface area contributed by atoms with Crippen LogP contribution in [0.3, 0.4) is 0 Å². The van der Waals surface area contributed by atoms with Crippen molar-refractivity contribution in [2.75, 3.05) is 5.32 Å². The number of rotatable bonds is 4. The zero-order valence-corrected chi connectivity index (χ0v) is 16.3. The minimum absolute atomic E-state index is 0.0571. The first kappa shape index (κ1) is 18.7. The molecular weight excluding hydrogens is 346 g/mol. The Morgan fingerprint density at radius 1 is 1.15 bits per heavy atom. The number of carbonyl (C=O) groups excluding carboxylic acids is 1. The lowest BCUT2D eigenvalue weighted by molar-refractivity contribution is -0.118. The van der Waals surface area contributed by atoms with Crippen LogP contribution in [0.25, 0.3) is 11.2 Å².